The van der Waals surface area contributed by atoms with Crippen LogP contribution in [0.4, 0.5) is 0 Å². The minimum atomic E-state index is -1.02. The molecule has 0 aromatic carbocycles. The normalized spacial score (nSPS) is 16.3. The van der Waals surface area contributed by atoms with Crippen molar-refractivity contribution in [1.82, 2.24) is 4.90 Å². The zero-order valence-electron chi connectivity index (χ0n) is 9.87. The molecular weight excluding hydrogens is 270 g/mol. The molecule has 2 rings (SSSR count). The molecule has 0 radical (unpaired) electrons. The number of rotatable bonds is 4. The molecule has 0 spiro atoms. The number of morpholine rings is 1. The number of carboxylic acid groups (broad SMARTS) is 1. The van der Waals surface area contributed by atoms with Crippen LogP contribution in [0.3, 0.4) is 0 Å². The van der Waals surface area contributed by atoms with Gasteiger partial charge in [0, 0.05) is 11.0 Å². The molecule has 0 unspecified atom stereocenters. The Hall–Kier alpha value is -1.99. The molecule has 0 saturated carbocycles. The van der Waals surface area contributed by atoms with Gasteiger partial charge in [0.2, 0.25) is 0 Å². The Kier molecular flexibility index (Phi) is 4.08. The van der Waals surface area contributed by atoms with Crippen LogP contribution in [-0.2, 0) is 25.7 Å². The fourth-order valence-corrected chi connectivity index (χ4v) is 2.43. The van der Waals surface area contributed by atoms with Crippen LogP contribution in [-0.4, -0.2) is 41.0 Å². The van der Waals surface area contributed by atoms with E-state index >= 15 is 0 Å². The van der Waals surface area contributed by atoms with Gasteiger partial charge in [-0.3, -0.25) is 14.5 Å². The molecule has 1 aliphatic heterocycles. The van der Waals surface area contributed by atoms with Gasteiger partial charge in [-0.1, -0.05) is 0 Å². The second-order valence-corrected chi connectivity index (χ2v) is 4.88. The molecular formula is C12H11NO5S. The van der Waals surface area contributed by atoms with Crippen LogP contribution in [0.5, 0.6) is 0 Å². The number of thiophene rings is 1. The second-order valence-electron chi connectivity index (χ2n) is 3.88. The van der Waals surface area contributed by atoms with Crippen molar-refractivity contribution in [3.05, 3.63) is 28.0 Å². The van der Waals surface area contributed by atoms with Crippen molar-refractivity contribution in [2.75, 3.05) is 13.2 Å². The van der Waals surface area contributed by atoms with E-state index in [-0.39, 0.29) is 31.6 Å². The molecule has 1 fully saturated rings. The van der Waals surface area contributed by atoms with Gasteiger partial charge in [0.05, 0.1) is 6.54 Å². The SMILES string of the molecule is O=C(O)C=Cc1csc(CN2C(=O)COCC2=O)c1. The fraction of sp³-hybridized carbons (Fsp3) is 0.250. The molecule has 6 nitrogen and oxygen atoms in total. The summed E-state index contributed by atoms with van der Waals surface area (Å²) in [6.45, 7) is 0.0401. The van der Waals surface area contributed by atoms with E-state index in [1.807, 2.05) is 0 Å². The van der Waals surface area contributed by atoms with Crippen molar-refractivity contribution in [3.63, 3.8) is 0 Å². The van der Waals surface area contributed by atoms with E-state index in [1.54, 1.807) is 11.4 Å². The van der Waals surface area contributed by atoms with Crippen molar-refractivity contribution >= 4 is 35.2 Å². The molecule has 7 heteroatoms. The zero-order chi connectivity index (χ0) is 13.8. The van der Waals surface area contributed by atoms with Crippen molar-refractivity contribution in [3.8, 4) is 0 Å². The number of carbonyl (C=O) groups is 3. The van der Waals surface area contributed by atoms with Crippen LogP contribution in [0.2, 0.25) is 0 Å². The number of nitrogens with zero attached hydrogens (tertiary/aromatic N) is 1. The average molecular weight is 281 g/mol. The molecule has 100 valence electrons. The number of amides is 2. The van der Waals surface area contributed by atoms with Gasteiger partial charge < -0.3 is 9.84 Å². The molecule has 0 atom stereocenters. The highest BCUT2D eigenvalue weighted by atomic mass is 32.1. The monoisotopic (exact) mass is 281 g/mol. The molecule has 2 heterocycles. The van der Waals surface area contributed by atoms with Crippen LogP contribution in [0.1, 0.15) is 10.4 Å². The molecule has 1 saturated heterocycles. The zero-order valence-corrected chi connectivity index (χ0v) is 10.7. The van der Waals surface area contributed by atoms with Crippen molar-refractivity contribution in [1.29, 1.82) is 0 Å². The molecule has 1 aliphatic rings. The van der Waals surface area contributed by atoms with Gasteiger partial charge in [-0.05, 0) is 23.1 Å². The maximum absolute atomic E-state index is 11.5. The van der Waals surface area contributed by atoms with Gasteiger partial charge >= 0.3 is 5.97 Å². The Morgan fingerprint density at radius 1 is 1.42 bits per heavy atom. The number of carboxylic acids is 1. The Bertz CT molecular complexity index is 532. The summed E-state index contributed by atoms with van der Waals surface area (Å²) in [5.74, 6) is -1.73. The van der Waals surface area contributed by atoms with Gasteiger partial charge in [0.15, 0.2) is 0 Å². The molecule has 1 N–H and O–H groups in total. The number of imide groups is 1. The van der Waals surface area contributed by atoms with Crippen molar-refractivity contribution in [2.45, 2.75) is 6.54 Å². The quantitative estimate of drug-likeness (QED) is 0.649. The van der Waals surface area contributed by atoms with Crippen LogP contribution in [0, 0.1) is 0 Å². The highest BCUT2D eigenvalue weighted by Gasteiger charge is 2.26. The lowest BCUT2D eigenvalue weighted by atomic mass is 10.2. The Balaban J connectivity index is 2.05. The maximum atomic E-state index is 11.5. The minimum absolute atomic E-state index is 0.0805. The first-order valence-corrected chi connectivity index (χ1v) is 6.33. The summed E-state index contributed by atoms with van der Waals surface area (Å²) in [6.07, 6.45) is 2.50. The third-order valence-corrected chi connectivity index (χ3v) is 3.40. The number of hydrogen-bond donors (Lipinski definition) is 1. The van der Waals surface area contributed by atoms with Gasteiger partial charge in [-0.25, -0.2) is 4.79 Å². The van der Waals surface area contributed by atoms with E-state index in [0.717, 1.165) is 21.4 Å². The lowest BCUT2D eigenvalue weighted by Crippen LogP contribution is -2.45. The lowest BCUT2D eigenvalue weighted by Gasteiger charge is -2.24. The largest absolute Gasteiger partial charge is 0.478 e. The predicted molar refractivity (Wildman–Crippen MR) is 67.4 cm³/mol. The summed E-state index contributed by atoms with van der Waals surface area (Å²) in [6, 6.07) is 1.75. The van der Waals surface area contributed by atoms with Crippen LogP contribution in [0.15, 0.2) is 17.5 Å². The minimum Gasteiger partial charge on any atom is -0.478 e. The van der Waals surface area contributed by atoms with Crippen molar-refractivity contribution in [2.24, 2.45) is 0 Å². The Morgan fingerprint density at radius 3 is 2.74 bits per heavy atom. The summed E-state index contributed by atoms with van der Waals surface area (Å²) in [5.41, 5.74) is 0.732. The summed E-state index contributed by atoms with van der Waals surface area (Å²) in [4.78, 5) is 35.4. The van der Waals surface area contributed by atoms with Crippen LogP contribution < -0.4 is 0 Å². The first kappa shape index (κ1) is 13.4. The standard InChI is InChI=1S/C12H11NO5S/c14-10-5-18-6-11(15)13(10)4-9-3-8(7-19-9)1-2-12(16)17/h1-3,7H,4-6H2,(H,16,17). The van der Waals surface area contributed by atoms with Gasteiger partial charge in [0.25, 0.3) is 11.8 Å². The number of carbonyl (C=O) groups excluding carboxylic acids is 2. The van der Waals surface area contributed by atoms with Crippen molar-refractivity contribution < 1.29 is 24.2 Å². The molecule has 1 aromatic heterocycles. The van der Waals surface area contributed by atoms with E-state index in [0.29, 0.717) is 0 Å². The van der Waals surface area contributed by atoms with E-state index in [2.05, 4.69) is 0 Å². The molecule has 0 aliphatic carbocycles. The summed E-state index contributed by atoms with van der Waals surface area (Å²) in [5, 5.41) is 10.3. The number of hydrogen-bond acceptors (Lipinski definition) is 5. The first-order valence-electron chi connectivity index (χ1n) is 5.45. The van der Waals surface area contributed by atoms with Gasteiger partial charge in [0.1, 0.15) is 13.2 Å². The summed E-state index contributed by atoms with van der Waals surface area (Å²) < 4.78 is 4.82. The van der Waals surface area contributed by atoms with E-state index in [1.165, 1.54) is 17.4 Å². The van der Waals surface area contributed by atoms with Crippen LogP contribution in [0.25, 0.3) is 6.08 Å². The molecule has 19 heavy (non-hydrogen) atoms. The Labute approximate surface area is 112 Å². The van der Waals surface area contributed by atoms with Crippen LogP contribution >= 0.6 is 11.3 Å². The molecule has 1 aromatic rings. The Morgan fingerprint density at radius 2 is 2.11 bits per heavy atom. The summed E-state index contributed by atoms with van der Waals surface area (Å²) >= 11 is 1.37. The average Bonchev–Trinajstić information content (AvgIpc) is 2.79. The fourth-order valence-electron chi connectivity index (χ4n) is 1.59. The van der Waals surface area contributed by atoms with Gasteiger partial charge in [-0.15, -0.1) is 11.3 Å². The first-order chi connectivity index (χ1) is 9.06. The highest BCUT2D eigenvalue weighted by molar-refractivity contribution is 7.10. The molecule has 0 bridgehead atoms. The molecule has 2 amide bonds. The second kappa shape index (κ2) is 5.77. The lowest BCUT2D eigenvalue weighted by molar-refractivity contribution is -0.159. The van der Waals surface area contributed by atoms with E-state index < -0.39 is 5.97 Å². The highest BCUT2D eigenvalue weighted by Crippen LogP contribution is 2.19. The third kappa shape index (κ3) is 3.49. The maximum Gasteiger partial charge on any atom is 0.328 e. The predicted octanol–water partition coefficient (Wildman–Crippen LogP) is 0.731. The third-order valence-electron chi connectivity index (χ3n) is 2.46. The van der Waals surface area contributed by atoms with Gasteiger partial charge in [-0.2, -0.15) is 0 Å². The number of ether oxygens (including phenoxy) is 1. The number of aliphatic carboxylic acids is 1. The van der Waals surface area contributed by atoms with E-state index in [9.17, 15) is 14.4 Å². The smallest absolute Gasteiger partial charge is 0.328 e. The topological polar surface area (TPSA) is 83.9 Å². The van der Waals surface area contributed by atoms with E-state index in [4.69, 9.17) is 9.84 Å². The summed E-state index contributed by atoms with van der Waals surface area (Å²) in [7, 11) is 0.